The van der Waals surface area contributed by atoms with Crippen molar-refractivity contribution >= 4 is 27.5 Å². The third-order valence-electron chi connectivity index (χ3n) is 5.63. The molecule has 9 heteroatoms. The minimum Gasteiger partial charge on any atom is -0.354 e. The molecule has 192 valence electrons. The first-order chi connectivity index (χ1) is 16.4. The second kappa shape index (κ2) is 12.7. The molecule has 0 bridgehead atoms. The molecule has 35 heavy (non-hydrogen) atoms. The van der Waals surface area contributed by atoms with Gasteiger partial charge in [0.15, 0.2) is 0 Å². The van der Waals surface area contributed by atoms with E-state index >= 15 is 0 Å². The second-order valence-corrected chi connectivity index (χ2v) is 10.8. The lowest BCUT2D eigenvalue weighted by Crippen LogP contribution is -2.47. The van der Waals surface area contributed by atoms with Crippen LogP contribution in [0.2, 0.25) is 0 Å². The summed E-state index contributed by atoms with van der Waals surface area (Å²) in [6, 6.07) is 10.6. The minimum absolute atomic E-state index is 0.0589. The van der Waals surface area contributed by atoms with Crippen molar-refractivity contribution in [2.75, 3.05) is 23.7 Å². The maximum Gasteiger partial charge on any atom is 0.242 e. The number of hydrogen-bond donors (Lipinski definition) is 1. The lowest BCUT2D eigenvalue weighted by atomic mass is 10.1. The monoisotopic (exact) mass is 505 g/mol. The Balaban J connectivity index is 2.17. The number of nitrogens with one attached hydrogen (secondary N) is 1. The average Bonchev–Trinajstić information content (AvgIpc) is 2.77. The zero-order valence-corrected chi connectivity index (χ0v) is 22.0. The molecule has 0 aliphatic heterocycles. The van der Waals surface area contributed by atoms with Gasteiger partial charge in [-0.1, -0.05) is 25.1 Å². The molecule has 0 spiro atoms. The molecular formula is C26H36FN3O4S. The van der Waals surface area contributed by atoms with Crippen molar-refractivity contribution < 1.29 is 22.4 Å². The Morgan fingerprint density at radius 3 is 2.20 bits per heavy atom. The summed E-state index contributed by atoms with van der Waals surface area (Å²) in [6.07, 6.45) is 2.25. The van der Waals surface area contributed by atoms with E-state index in [-0.39, 0.29) is 43.6 Å². The lowest BCUT2D eigenvalue weighted by molar-refractivity contribution is -0.140. The van der Waals surface area contributed by atoms with Gasteiger partial charge in [-0.2, -0.15) is 0 Å². The van der Waals surface area contributed by atoms with E-state index in [0.717, 1.165) is 23.8 Å². The summed E-state index contributed by atoms with van der Waals surface area (Å²) in [6.45, 7) is 8.18. The zero-order valence-electron chi connectivity index (χ0n) is 21.2. The molecule has 2 aromatic rings. The van der Waals surface area contributed by atoms with Crippen LogP contribution in [0.1, 0.15) is 49.8 Å². The van der Waals surface area contributed by atoms with Gasteiger partial charge in [-0.3, -0.25) is 13.9 Å². The van der Waals surface area contributed by atoms with Crippen molar-refractivity contribution in [2.45, 2.75) is 59.5 Å². The van der Waals surface area contributed by atoms with Crippen molar-refractivity contribution in [3.63, 3.8) is 0 Å². The van der Waals surface area contributed by atoms with Crippen LogP contribution in [0.3, 0.4) is 0 Å². The molecule has 0 saturated heterocycles. The molecule has 0 aromatic heterocycles. The van der Waals surface area contributed by atoms with Crippen LogP contribution in [0.25, 0.3) is 0 Å². The van der Waals surface area contributed by atoms with Gasteiger partial charge in [-0.25, -0.2) is 12.8 Å². The molecule has 0 aliphatic carbocycles. The number of halogens is 1. The number of hydrogen-bond acceptors (Lipinski definition) is 4. The van der Waals surface area contributed by atoms with E-state index in [0.29, 0.717) is 17.8 Å². The Bertz CT molecular complexity index is 1100. The Labute approximate surface area is 208 Å². The first-order valence-electron chi connectivity index (χ1n) is 11.8. The number of sulfonamides is 1. The summed E-state index contributed by atoms with van der Waals surface area (Å²) in [5.74, 6) is -0.926. The summed E-state index contributed by atoms with van der Waals surface area (Å²) in [5.41, 5.74) is 3.15. The number of nitrogens with zero attached hydrogens (tertiary/aromatic N) is 2. The van der Waals surface area contributed by atoms with Crippen LogP contribution in [0.15, 0.2) is 42.5 Å². The number of carbonyl (C=O) groups excluding carboxylic acids is 2. The topological polar surface area (TPSA) is 86.8 Å². The smallest absolute Gasteiger partial charge is 0.242 e. The van der Waals surface area contributed by atoms with Gasteiger partial charge in [-0.15, -0.1) is 0 Å². The Hall–Kier alpha value is -2.94. The molecule has 7 nitrogen and oxygen atoms in total. The summed E-state index contributed by atoms with van der Waals surface area (Å²) < 4.78 is 39.6. The van der Waals surface area contributed by atoms with Crippen molar-refractivity contribution in [1.29, 1.82) is 0 Å². The largest absolute Gasteiger partial charge is 0.354 e. The van der Waals surface area contributed by atoms with Crippen LogP contribution < -0.4 is 9.62 Å². The van der Waals surface area contributed by atoms with Gasteiger partial charge < -0.3 is 10.2 Å². The number of amides is 2. The molecule has 0 heterocycles. The van der Waals surface area contributed by atoms with Crippen LogP contribution in [-0.4, -0.2) is 50.5 Å². The third-order valence-corrected chi connectivity index (χ3v) is 6.82. The third kappa shape index (κ3) is 8.65. The fraction of sp³-hybridized carbons (Fsp3) is 0.462. The lowest BCUT2D eigenvalue weighted by Gasteiger charge is -2.29. The van der Waals surface area contributed by atoms with Gasteiger partial charge in [0.2, 0.25) is 21.8 Å². The van der Waals surface area contributed by atoms with Gasteiger partial charge in [0.1, 0.15) is 11.9 Å². The van der Waals surface area contributed by atoms with E-state index in [2.05, 4.69) is 5.32 Å². The molecule has 0 unspecified atom stereocenters. The normalized spacial score (nSPS) is 12.2. The highest BCUT2D eigenvalue weighted by Crippen LogP contribution is 2.22. The Kier molecular flexibility index (Phi) is 10.2. The fourth-order valence-corrected chi connectivity index (χ4v) is 4.81. The number of benzene rings is 2. The SMILES string of the molecule is CCCNC(=O)[C@H](C)N(Cc1ccc(F)cc1)C(=O)CCCN(c1cc(C)cc(C)c1)S(C)(=O)=O. The van der Waals surface area contributed by atoms with E-state index in [4.69, 9.17) is 0 Å². The van der Waals surface area contributed by atoms with E-state index < -0.39 is 16.1 Å². The van der Waals surface area contributed by atoms with Crippen LogP contribution in [0, 0.1) is 19.7 Å². The predicted molar refractivity (Wildman–Crippen MR) is 137 cm³/mol. The average molecular weight is 506 g/mol. The highest BCUT2D eigenvalue weighted by atomic mass is 32.2. The quantitative estimate of drug-likeness (QED) is 0.474. The molecule has 0 radical (unpaired) electrons. The molecule has 0 fully saturated rings. The van der Waals surface area contributed by atoms with Gasteiger partial charge in [-0.05, 0) is 74.6 Å². The maximum atomic E-state index is 13.3. The zero-order chi connectivity index (χ0) is 26.2. The van der Waals surface area contributed by atoms with Crippen LogP contribution in [0.5, 0.6) is 0 Å². The predicted octanol–water partition coefficient (Wildman–Crippen LogP) is 3.93. The van der Waals surface area contributed by atoms with E-state index in [9.17, 15) is 22.4 Å². The molecule has 2 amide bonds. The summed E-state index contributed by atoms with van der Waals surface area (Å²) in [7, 11) is -3.55. The first kappa shape index (κ1) is 28.3. The number of rotatable bonds is 12. The summed E-state index contributed by atoms with van der Waals surface area (Å²) in [5, 5.41) is 2.81. The van der Waals surface area contributed by atoms with Crippen molar-refractivity contribution in [2.24, 2.45) is 0 Å². The second-order valence-electron chi connectivity index (χ2n) is 8.90. The van der Waals surface area contributed by atoms with Crippen LogP contribution in [-0.2, 0) is 26.2 Å². The summed E-state index contributed by atoms with van der Waals surface area (Å²) in [4.78, 5) is 27.3. The Morgan fingerprint density at radius 2 is 1.66 bits per heavy atom. The number of aryl methyl sites for hydroxylation is 2. The van der Waals surface area contributed by atoms with Crippen molar-refractivity contribution in [3.05, 3.63) is 65.0 Å². The van der Waals surface area contributed by atoms with E-state index in [1.165, 1.54) is 21.3 Å². The molecule has 0 aliphatic rings. The van der Waals surface area contributed by atoms with Crippen molar-refractivity contribution in [3.8, 4) is 0 Å². The molecule has 2 aromatic carbocycles. The molecule has 2 rings (SSSR count). The van der Waals surface area contributed by atoms with Crippen LogP contribution in [0.4, 0.5) is 10.1 Å². The van der Waals surface area contributed by atoms with E-state index in [1.54, 1.807) is 31.2 Å². The van der Waals surface area contributed by atoms with Gasteiger partial charge in [0, 0.05) is 26.1 Å². The molecule has 0 saturated carbocycles. The van der Waals surface area contributed by atoms with Gasteiger partial charge >= 0.3 is 0 Å². The minimum atomic E-state index is -3.55. The number of carbonyl (C=O) groups is 2. The van der Waals surface area contributed by atoms with Crippen molar-refractivity contribution in [1.82, 2.24) is 10.2 Å². The fourth-order valence-electron chi connectivity index (χ4n) is 3.86. The van der Waals surface area contributed by atoms with E-state index in [1.807, 2.05) is 26.8 Å². The maximum absolute atomic E-state index is 13.3. The highest BCUT2D eigenvalue weighted by Gasteiger charge is 2.26. The van der Waals surface area contributed by atoms with Crippen LogP contribution >= 0.6 is 0 Å². The first-order valence-corrected chi connectivity index (χ1v) is 13.6. The molecule has 1 atom stereocenters. The standard InChI is InChI=1S/C26H36FN3O4S/c1-6-13-28-26(32)21(4)29(18-22-9-11-23(27)12-10-22)25(31)8-7-14-30(35(5,33)34)24-16-19(2)15-20(3)17-24/h9-12,15-17,21H,6-8,13-14,18H2,1-5H3,(H,28,32)/t21-/m0/s1. The van der Waals surface area contributed by atoms with Gasteiger partial charge in [0.05, 0.1) is 11.9 Å². The number of anilines is 1. The molecular weight excluding hydrogens is 469 g/mol. The van der Waals surface area contributed by atoms with Gasteiger partial charge in [0.25, 0.3) is 0 Å². The summed E-state index contributed by atoms with van der Waals surface area (Å²) >= 11 is 0. The highest BCUT2D eigenvalue weighted by molar-refractivity contribution is 7.92. The molecule has 1 N–H and O–H groups in total. The Morgan fingerprint density at radius 1 is 1.06 bits per heavy atom.